The number of methoxy groups -OCH3 is 1. The van der Waals surface area contributed by atoms with Crippen molar-refractivity contribution in [3.05, 3.63) is 28.8 Å². The molecule has 2 unspecified atom stereocenters. The van der Waals surface area contributed by atoms with Crippen LogP contribution in [-0.4, -0.2) is 32.8 Å². The van der Waals surface area contributed by atoms with Crippen molar-refractivity contribution >= 4 is 17.3 Å². The number of nitrogens with one attached hydrogen (secondary N) is 1. The number of hydrogen-bond donors (Lipinski definition) is 1. The Morgan fingerprint density at radius 3 is 2.90 bits per heavy atom. The van der Waals surface area contributed by atoms with Gasteiger partial charge >= 0.3 is 0 Å². The van der Waals surface area contributed by atoms with E-state index in [9.17, 15) is 0 Å². The largest absolute Gasteiger partial charge is 0.383 e. The molecule has 2 atom stereocenters. The first-order valence-corrected chi connectivity index (χ1v) is 8.26. The summed E-state index contributed by atoms with van der Waals surface area (Å²) in [5.41, 5.74) is 2.40. The van der Waals surface area contributed by atoms with Crippen molar-refractivity contribution in [3.8, 4) is 0 Å². The highest BCUT2D eigenvalue weighted by atomic mass is 35.5. The number of piperidine rings is 1. The van der Waals surface area contributed by atoms with E-state index in [1.165, 1.54) is 24.1 Å². The fourth-order valence-corrected chi connectivity index (χ4v) is 3.29. The molecule has 118 valence electrons. The number of nitrogens with zero attached hydrogens (tertiary/aromatic N) is 1. The lowest BCUT2D eigenvalue weighted by Gasteiger charge is -2.40. The molecule has 0 bridgehead atoms. The number of rotatable bonds is 6. The molecule has 1 saturated heterocycles. The monoisotopic (exact) mass is 310 g/mol. The second-order valence-corrected chi connectivity index (χ2v) is 6.42. The normalized spacial score (nSPS) is 22.6. The fraction of sp³-hybridized carbons (Fsp3) is 0.647. The van der Waals surface area contributed by atoms with E-state index >= 15 is 0 Å². The van der Waals surface area contributed by atoms with E-state index in [1.54, 1.807) is 7.11 Å². The van der Waals surface area contributed by atoms with Gasteiger partial charge in [0.05, 0.1) is 17.3 Å². The molecule has 1 fully saturated rings. The zero-order chi connectivity index (χ0) is 15.2. The van der Waals surface area contributed by atoms with Crippen molar-refractivity contribution in [3.63, 3.8) is 0 Å². The number of benzene rings is 1. The van der Waals surface area contributed by atoms with Gasteiger partial charge in [-0.15, -0.1) is 0 Å². The minimum atomic E-state index is 0.557. The predicted octanol–water partition coefficient (Wildman–Crippen LogP) is 3.70. The average Bonchev–Trinajstić information content (AvgIpc) is 2.47. The van der Waals surface area contributed by atoms with Crippen LogP contribution in [0.25, 0.3) is 0 Å². The van der Waals surface area contributed by atoms with Crippen LogP contribution in [0.2, 0.25) is 5.02 Å². The van der Waals surface area contributed by atoms with Gasteiger partial charge in [-0.25, -0.2) is 0 Å². The van der Waals surface area contributed by atoms with Crippen molar-refractivity contribution < 1.29 is 4.74 Å². The van der Waals surface area contributed by atoms with E-state index in [0.717, 1.165) is 37.2 Å². The molecule has 3 nitrogen and oxygen atoms in total. The molecule has 2 rings (SSSR count). The van der Waals surface area contributed by atoms with Crippen molar-refractivity contribution in [2.24, 2.45) is 5.92 Å². The Kier molecular flexibility index (Phi) is 6.34. The first kappa shape index (κ1) is 16.6. The maximum Gasteiger partial charge on any atom is 0.0642 e. The summed E-state index contributed by atoms with van der Waals surface area (Å²) in [6, 6.07) is 6.99. The third-order valence-electron chi connectivity index (χ3n) is 4.51. The molecule has 0 spiro atoms. The van der Waals surface area contributed by atoms with Gasteiger partial charge in [-0.3, -0.25) is 0 Å². The first-order valence-electron chi connectivity index (χ1n) is 7.88. The Balaban J connectivity index is 2.01. The molecular formula is C17H27ClN2O. The Bertz CT molecular complexity index is 452. The van der Waals surface area contributed by atoms with Crippen LogP contribution in [0.1, 0.15) is 32.3 Å². The lowest BCUT2D eigenvalue weighted by Crippen LogP contribution is -2.42. The lowest BCUT2D eigenvalue weighted by molar-refractivity contribution is 0.199. The molecule has 0 radical (unpaired) electrons. The third kappa shape index (κ3) is 4.35. The minimum absolute atomic E-state index is 0.557. The summed E-state index contributed by atoms with van der Waals surface area (Å²) >= 11 is 6.52. The smallest absolute Gasteiger partial charge is 0.0642 e. The van der Waals surface area contributed by atoms with Gasteiger partial charge in [-0.2, -0.15) is 0 Å². The third-order valence-corrected chi connectivity index (χ3v) is 4.81. The molecule has 0 aliphatic carbocycles. The highest BCUT2D eigenvalue weighted by Gasteiger charge is 2.26. The van der Waals surface area contributed by atoms with Crippen molar-refractivity contribution in [1.82, 2.24) is 5.32 Å². The number of anilines is 1. The highest BCUT2D eigenvalue weighted by molar-refractivity contribution is 6.33. The van der Waals surface area contributed by atoms with Crippen LogP contribution in [-0.2, 0) is 11.3 Å². The van der Waals surface area contributed by atoms with Crippen LogP contribution in [0.4, 0.5) is 5.69 Å². The van der Waals surface area contributed by atoms with Gasteiger partial charge in [-0.1, -0.05) is 24.6 Å². The molecule has 4 heteroatoms. The van der Waals surface area contributed by atoms with Crippen LogP contribution in [0, 0.1) is 5.92 Å². The zero-order valence-corrected chi connectivity index (χ0v) is 14.1. The quantitative estimate of drug-likeness (QED) is 0.811. The second-order valence-electron chi connectivity index (χ2n) is 6.01. The Hall–Kier alpha value is -0.770. The second kappa shape index (κ2) is 8.02. The summed E-state index contributed by atoms with van der Waals surface area (Å²) in [5, 5.41) is 4.21. The van der Waals surface area contributed by atoms with Gasteiger partial charge in [0.15, 0.2) is 0 Å². The molecule has 0 aromatic heterocycles. The summed E-state index contributed by atoms with van der Waals surface area (Å²) < 4.78 is 5.03. The average molecular weight is 311 g/mol. The van der Waals surface area contributed by atoms with Gasteiger partial charge in [0, 0.05) is 32.8 Å². The van der Waals surface area contributed by atoms with Crippen molar-refractivity contribution in [1.29, 1.82) is 0 Å². The van der Waals surface area contributed by atoms with Crippen molar-refractivity contribution in [2.45, 2.75) is 39.3 Å². The summed E-state index contributed by atoms with van der Waals surface area (Å²) in [6.07, 6.45) is 2.57. The van der Waals surface area contributed by atoms with Crippen LogP contribution >= 0.6 is 11.6 Å². The molecule has 1 aromatic rings. The van der Waals surface area contributed by atoms with E-state index in [0.29, 0.717) is 6.04 Å². The Morgan fingerprint density at radius 1 is 1.38 bits per heavy atom. The molecule has 0 amide bonds. The van der Waals surface area contributed by atoms with Gasteiger partial charge in [0.1, 0.15) is 0 Å². The summed E-state index contributed by atoms with van der Waals surface area (Å²) in [4.78, 5) is 2.46. The maximum absolute atomic E-state index is 6.52. The van der Waals surface area contributed by atoms with E-state index in [-0.39, 0.29) is 0 Å². The highest BCUT2D eigenvalue weighted by Crippen LogP contribution is 2.33. The molecule has 1 N–H and O–H groups in total. The van der Waals surface area contributed by atoms with Gasteiger partial charge < -0.3 is 15.0 Å². The number of halogens is 1. The van der Waals surface area contributed by atoms with E-state index in [1.807, 2.05) is 0 Å². The SMILES string of the molecule is COCCNCc1ccc(N2CCCC(C)C2C)c(Cl)c1. The fourth-order valence-electron chi connectivity index (χ4n) is 2.98. The van der Waals surface area contributed by atoms with Crippen LogP contribution in [0.15, 0.2) is 18.2 Å². The predicted molar refractivity (Wildman–Crippen MR) is 90.2 cm³/mol. The van der Waals surface area contributed by atoms with Crippen LogP contribution < -0.4 is 10.2 Å². The van der Waals surface area contributed by atoms with Gasteiger partial charge in [0.25, 0.3) is 0 Å². The molecule has 1 aromatic carbocycles. The van der Waals surface area contributed by atoms with Crippen molar-refractivity contribution in [2.75, 3.05) is 31.7 Å². The zero-order valence-electron chi connectivity index (χ0n) is 13.4. The molecule has 1 heterocycles. The molecule has 1 aliphatic heterocycles. The maximum atomic E-state index is 6.52. The standard InChI is InChI=1S/C17H27ClN2O/c1-13-5-4-9-20(14(13)2)17-7-6-15(11-16(17)18)12-19-8-10-21-3/h6-7,11,13-14,19H,4-5,8-10,12H2,1-3H3. The molecule has 0 saturated carbocycles. The summed E-state index contributed by atoms with van der Waals surface area (Å²) in [7, 11) is 1.72. The van der Waals surface area contributed by atoms with E-state index in [2.05, 4.69) is 42.3 Å². The Labute approximate surface area is 133 Å². The van der Waals surface area contributed by atoms with Gasteiger partial charge in [-0.05, 0) is 43.4 Å². The molecule has 21 heavy (non-hydrogen) atoms. The first-order chi connectivity index (χ1) is 10.1. The minimum Gasteiger partial charge on any atom is -0.383 e. The van der Waals surface area contributed by atoms with E-state index < -0.39 is 0 Å². The molecular weight excluding hydrogens is 284 g/mol. The van der Waals surface area contributed by atoms with Crippen LogP contribution in [0.3, 0.4) is 0 Å². The van der Waals surface area contributed by atoms with Crippen LogP contribution in [0.5, 0.6) is 0 Å². The lowest BCUT2D eigenvalue weighted by atomic mass is 9.91. The van der Waals surface area contributed by atoms with E-state index in [4.69, 9.17) is 16.3 Å². The Morgan fingerprint density at radius 2 is 2.19 bits per heavy atom. The summed E-state index contributed by atoms with van der Waals surface area (Å²) in [5.74, 6) is 0.727. The van der Waals surface area contributed by atoms with Gasteiger partial charge in [0.2, 0.25) is 0 Å². The number of ether oxygens (including phenoxy) is 1. The topological polar surface area (TPSA) is 24.5 Å². The number of hydrogen-bond acceptors (Lipinski definition) is 3. The summed E-state index contributed by atoms with van der Waals surface area (Å²) in [6.45, 7) is 8.16. The molecule has 1 aliphatic rings.